The first-order valence-electron chi connectivity index (χ1n) is 8.18. The van der Waals surface area contributed by atoms with Gasteiger partial charge in [-0.25, -0.2) is 0 Å². The van der Waals surface area contributed by atoms with Crippen LogP contribution in [0.15, 0.2) is 12.4 Å². The van der Waals surface area contributed by atoms with Crippen molar-refractivity contribution in [1.82, 2.24) is 9.78 Å². The molecule has 0 amide bonds. The maximum Gasteiger partial charge on any atom is 0.0524 e. The van der Waals surface area contributed by atoms with E-state index in [0.717, 1.165) is 25.4 Å². The van der Waals surface area contributed by atoms with E-state index in [-0.39, 0.29) is 0 Å². The number of hydrogen-bond acceptors (Lipinski definition) is 2. The highest BCUT2D eigenvalue weighted by molar-refractivity contribution is 5.15. The Morgan fingerprint density at radius 2 is 2.10 bits per heavy atom. The second-order valence-electron chi connectivity index (χ2n) is 7.52. The summed E-state index contributed by atoms with van der Waals surface area (Å²) in [6, 6.07) is 0. The number of aromatic nitrogens is 2. The zero-order valence-corrected chi connectivity index (χ0v) is 13.6. The zero-order chi connectivity index (χ0) is 14.8. The Labute approximate surface area is 123 Å². The number of hydrogen-bond donors (Lipinski definition) is 1. The third-order valence-corrected chi connectivity index (χ3v) is 5.05. The second kappa shape index (κ2) is 6.30. The molecular formula is C17H31N3. The average Bonchev–Trinajstić information content (AvgIpc) is 2.86. The van der Waals surface area contributed by atoms with Gasteiger partial charge in [-0.15, -0.1) is 0 Å². The van der Waals surface area contributed by atoms with Crippen LogP contribution in [0, 0.1) is 17.3 Å². The molecule has 0 radical (unpaired) electrons. The SMILES string of the molecule is CCCn1cc(C2CC(C(C)(C)C)CCC2CN)cn1. The standard InChI is InChI=1S/C17H31N3/c1-5-8-20-12-14(11-19-20)16-9-15(17(2,3)4)7-6-13(16)10-18/h11-13,15-16H,5-10,18H2,1-4H3. The summed E-state index contributed by atoms with van der Waals surface area (Å²) in [6.45, 7) is 11.1. The minimum atomic E-state index is 0.400. The summed E-state index contributed by atoms with van der Waals surface area (Å²) in [6.07, 6.45) is 9.32. The highest BCUT2D eigenvalue weighted by Crippen LogP contribution is 2.46. The van der Waals surface area contributed by atoms with Gasteiger partial charge in [-0.1, -0.05) is 27.7 Å². The summed E-state index contributed by atoms with van der Waals surface area (Å²) in [7, 11) is 0. The molecule has 1 saturated carbocycles. The van der Waals surface area contributed by atoms with E-state index >= 15 is 0 Å². The van der Waals surface area contributed by atoms with Gasteiger partial charge < -0.3 is 5.73 Å². The van der Waals surface area contributed by atoms with Gasteiger partial charge in [-0.05, 0) is 61.0 Å². The molecule has 1 aliphatic rings. The third kappa shape index (κ3) is 3.43. The van der Waals surface area contributed by atoms with Crippen LogP contribution < -0.4 is 5.73 Å². The normalized spacial score (nSPS) is 27.8. The van der Waals surface area contributed by atoms with Crippen LogP contribution in [0.4, 0.5) is 0 Å². The van der Waals surface area contributed by atoms with Crippen LogP contribution in [0.3, 0.4) is 0 Å². The number of aryl methyl sites for hydroxylation is 1. The van der Waals surface area contributed by atoms with Crippen LogP contribution in [0.1, 0.15) is 64.9 Å². The first kappa shape index (κ1) is 15.6. The van der Waals surface area contributed by atoms with Crippen LogP contribution >= 0.6 is 0 Å². The van der Waals surface area contributed by atoms with E-state index in [1.807, 2.05) is 0 Å². The van der Waals surface area contributed by atoms with E-state index in [1.165, 1.54) is 24.8 Å². The monoisotopic (exact) mass is 277 g/mol. The predicted molar refractivity (Wildman–Crippen MR) is 84.6 cm³/mol. The molecule has 0 aliphatic heterocycles. The molecule has 1 heterocycles. The molecular weight excluding hydrogens is 246 g/mol. The summed E-state index contributed by atoms with van der Waals surface area (Å²) in [5.41, 5.74) is 7.83. The van der Waals surface area contributed by atoms with Crippen molar-refractivity contribution in [3.63, 3.8) is 0 Å². The molecule has 3 heteroatoms. The van der Waals surface area contributed by atoms with Crippen molar-refractivity contribution in [2.45, 2.75) is 65.8 Å². The Kier molecular flexibility index (Phi) is 4.90. The largest absolute Gasteiger partial charge is 0.330 e. The van der Waals surface area contributed by atoms with Gasteiger partial charge in [0.15, 0.2) is 0 Å². The Morgan fingerprint density at radius 3 is 2.70 bits per heavy atom. The van der Waals surface area contributed by atoms with E-state index in [9.17, 15) is 0 Å². The average molecular weight is 277 g/mol. The first-order chi connectivity index (χ1) is 9.45. The van der Waals surface area contributed by atoms with Gasteiger partial charge in [0.05, 0.1) is 6.20 Å². The van der Waals surface area contributed by atoms with Crippen LogP contribution in [0.5, 0.6) is 0 Å². The van der Waals surface area contributed by atoms with Crippen LogP contribution in [0.25, 0.3) is 0 Å². The topological polar surface area (TPSA) is 43.8 Å². The van der Waals surface area contributed by atoms with Gasteiger partial charge in [0.1, 0.15) is 0 Å². The molecule has 2 rings (SSSR count). The van der Waals surface area contributed by atoms with Crippen LogP contribution in [0.2, 0.25) is 0 Å². The Balaban J connectivity index is 2.15. The summed E-state index contributed by atoms with van der Waals surface area (Å²) >= 11 is 0. The van der Waals surface area contributed by atoms with Gasteiger partial charge in [0.2, 0.25) is 0 Å². The van der Waals surface area contributed by atoms with Crippen molar-refractivity contribution in [2.24, 2.45) is 23.0 Å². The number of nitrogens with zero attached hydrogens (tertiary/aromatic N) is 2. The molecule has 0 saturated heterocycles. The lowest BCUT2D eigenvalue weighted by Gasteiger charge is -2.41. The molecule has 20 heavy (non-hydrogen) atoms. The smallest absolute Gasteiger partial charge is 0.0524 e. The molecule has 1 aromatic heterocycles. The Bertz CT molecular complexity index is 416. The van der Waals surface area contributed by atoms with Crippen LogP contribution in [-0.2, 0) is 6.54 Å². The Hall–Kier alpha value is -0.830. The second-order valence-corrected chi connectivity index (χ2v) is 7.52. The molecule has 0 aromatic carbocycles. The molecule has 0 bridgehead atoms. The van der Waals surface area contributed by atoms with Crippen molar-refractivity contribution in [2.75, 3.05) is 6.54 Å². The van der Waals surface area contributed by atoms with Crippen molar-refractivity contribution in [3.05, 3.63) is 18.0 Å². The highest BCUT2D eigenvalue weighted by Gasteiger charge is 2.36. The van der Waals surface area contributed by atoms with Crippen molar-refractivity contribution >= 4 is 0 Å². The summed E-state index contributed by atoms with van der Waals surface area (Å²) in [4.78, 5) is 0. The van der Waals surface area contributed by atoms with E-state index in [2.05, 4.69) is 49.9 Å². The predicted octanol–water partition coefficient (Wildman–Crippen LogP) is 3.80. The van der Waals surface area contributed by atoms with Crippen LogP contribution in [-0.4, -0.2) is 16.3 Å². The lowest BCUT2D eigenvalue weighted by Crippen LogP contribution is -2.33. The van der Waals surface area contributed by atoms with E-state index in [1.54, 1.807) is 0 Å². The van der Waals surface area contributed by atoms with E-state index < -0.39 is 0 Å². The molecule has 1 fully saturated rings. The molecule has 114 valence electrons. The molecule has 1 aromatic rings. The van der Waals surface area contributed by atoms with Crippen molar-refractivity contribution in [3.8, 4) is 0 Å². The zero-order valence-electron chi connectivity index (χ0n) is 13.6. The molecule has 2 N–H and O–H groups in total. The molecule has 3 atom stereocenters. The minimum Gasteiger partial charge on any atom is -0.330 e. The van der Waals surface area contributed by atoms with E-state index in [0.29, 0.717) is 17.3 Å². The summed E-state index contributed by atoms with van der Waals surface area (Å²) in [5.74, 6) is 2.03. The van der Waals surface area contributed by atoms with Gasteiger partial charge in [-0.3, -0.25) is 4.68 Å². The number of rotatable bonds is 4. The van der Waals surface area contributed by atoms with Gasteiger partial charge >= 0.3 is 0 Å². The lowest BCUT2D eigenvalue weighted by atomic mass is 9.64. The Morgan fingerprint density at radius 1 is 1.35 bits per heavy atom. The fraction of sp³-hybridized carbons (Fsp3) is 0.824. The number of nitrogens with two attached hydrogens (primary N) is 1. The fourth-order valence-electron chi connectivity index (χ4n) is 3.63. The fourth-order valence-corrected chi connectivity index (χ4v) is 3.63. The molecule has 1 aliphatic carbocycles. The van der Waals surface area contributed by atoms with Crippen molar-refractivity contribution < 1.29 is 0 Å². The summed E-state index contributed by atoms with van der Waals surface area (Å²) in [5, 5.41) is 4.51. The first-order valence-corrected chi connectivity index (χ1v) is 8.18. The maximum absolute atomic E-state index is 6.02. The molecule has 3 unspecified atom stereocenters. The minimum absolute atomic E-state index is 0.400. The van der Waals surface area contributed by atoms with Gasteiger partial charge in [0, 0.05) is 12.7 Å². The highest BCUT2D eigenvalue weighted by atomic mass is 15.3. The third-order valence-electron chi connectivity index (χ3n) is 5.05. The molecule has 3 nitrogen and oxygen atoms in total. The maximum atomic E-state index is 6.02. The van der Waals surface area contributed by atoms with Gasteiger partial charge in [0.25, 0.3) is 0 Å². The molecule has 0 spiro atoms. The van der Waals surface area contributed by atoms with E-state index in [4.69, 9.17) is 5.73 Å². The lowest BCUT2D eigenvalue weighted by molar-refractivity contribution is 0.133. The summed E-state index contributed by atoms with van der Waals surface area (Å²) < 4.78 is 2.09. The quantitative estimate of drug-likeness (QED) is 0.909. The van der Waals surface area contributed by atoms with Crippen molar-refractivity contribution in [1.29, 1.82) is 0 Å². The van der Waals surface area contributed by atoms with Gasteiger partial charge in [-0.2, -0.15) is 5.10 Å².